The van der Waals surface area contributed by atoms with Gasteiger partial charge in [0.15, 0.2) is 6.20 Å². The van der Waals surface area contributed by atoms with Crippen LogP contribution in [-0.2, 0) is 12.8 Å². The van der Waals surface area contributed by atoms with Gasteiger partial charge in [-0.3, -0.25) is 0 Å². The van der Waals surface area contributed by atoms with Crippen LogP contribution in [0.4, 0.5) is 0 Å². The monoisotopic (exact) mass is 708 g/mol. The molecule has 0 amide bonds. The fourth-order valence-electron chi connectivity index (χ4n) is 8.95. The normalized spacial score (nSPS) is 17.1. The number of benzene rings is 4. The fourth-order valence-corrected chi connectivity index (χ4v) is 10.6. The summed E-state index contributed by atoms with van der Waals surface area (Å²) < 4.78 is 9.27. The van der Waals surface area contributed by atoms with Crippen LogP contribution in [0.25, 0.3) is 55.4 Å². The predicted molar refractivity (Wildman–Crippen MR) is 224 cm³/mol. The van der Waals surface area contributed by atoms with Crippen LogP contribution >= 0.6 is 0 Å². The standard InChI is InChI=1S/C48H46N3OSi/c1-8-41-45-32(19-21-37-38-22-23-42(31-14-10-9-11-15-31)50-48(38)52-47(37)45)18-20-36-39-25-33-16-12-13-17-34(33)26-40(39)43-27-35(24-29(2)3)44(53(5,6)7)28-51(43)46(36)30(4)49-41/h8-17,19,21-23,25-29,36,46H,1,4,18,20,24H2,2-3,5-7H3/q+1. The summed E-state index contributed by atoms with van der Waals surface area (Å²) in [7, 11) is -1.72. The summed E-state index contributed by atoms with van der Waals surface area (Å²) in [5.41, 5.74) is 12.7. The zero-order chi connectivity index (χ0) is 36.6. The van der Waals surface area contributed by atoms with E-state index in [1.165, 1.54) is 43.9 Å². The number of fused-ring (bicyclic) bond motifs is 12. The van der Waals surface area contributed by atoms with Gasteiger partial charge in [0.05, 0.1) is 31.0 Å². The number of furan rings is 1. The summed E-state index contributed by atoms with van der Waals surface area (Å²) in [6, 6.07) is 35.1. The average Bonchev–Trinajstić information content (AvgIpc) is 3.54. The molecule has 0 bridgehead atoms. The number of aryl methyl sites for hydroxylation is 1. The van der Waals surface area contributed by atoms with E-state index in [-0.39, 0.29) is 12.0 Å². The van der Waals surface area contributed by atoms with E-state index in [0.29, 0.717) is 11.6 Å². The van der Waals surface area contributed by atoms with E-state index in [1.54, 1.807) is 0 Å². The number of hydrogen-bond donors (Lipinski definition) is 0. The van der Waals surface area contributed by atoms with Gasteiger partial charge in [0.25, 0.3) is 0 Å². The molecule has 0 N–H and O–H groups in total. The minimum Gasteiger partial charge on any atom is -0.437 e. The van der Waals surface area contributed by atoms with Gasteiger partial charge in [-0.15, -0.1) is 0 Å². The molecule has 53 heavy (non-hydrogen) atoms. The summed E-state index contributed by atoms with van der Waals surface area (Å²) >= 11 is 0. The van der Waals surface area contributed by atoms with Gasteiger partial charge in [-0.2, -0.15) is 4.57 Å². The van der Waals surface area contributed by atoms with Crippen molar-refractivity contribution in [2.24, 2.45) is 10.9 Å². The topological polar surface area (TPSA) is 42.3 Å². The summed E-state index contributed by atoms with van der Waals surface area (Å²) in [6.45, 7) is 21.2. The predicted octanol–water partition coefficient (Wildman–Crippen LogP) is 11.3. The SMILES string of the molecule is C=CC1=NC(=C)C2C(CCc3ccc4c(oc5nc(-c6ccccc6)ccc54)c31)c1cc3ccccc3cc1-c1cc(CC(C)C)c([Si](C)(C)C)c[n+]12. The largest absolute Gasteiger partial charge is 0.437 e. The van der Waals surface area contributed by atoms with E-state index in [2.05, 4.69) is 130 Å². The second kappa shape index (κ2) is 12.6. The molecule has 7 aromatic rings. The number of rotatable bonds is 5. The third-order valence-electron chi connectivity index (χ3n) is 11.4. The summed E-state index contributed by atoms with van der Waals surface area (Å²) in [5, 5.41) is 6.10. The van der Waals surface area contributed by atoms with E-state index in [9.17, 15) is 0 Å². The molecular weight excluding hydrogens is 663 g/mol. The highest BCUT2D eigenvalue weighted by Crippen LogP contribution is 2.47. The van der Waals surface area contributed by atoms with Crippen molar-refractivity contribution in [2.75, 3.05) is 0 Å². The highest BCUT2D eigenvalue weighted by molar-refractivity contribution is 6.89. The lowest BCUT2D eigenvalue weighted by Crippen LogP contribution is -2.54. The first kappa shape index (κ1) is 33.4. The molecule has 2 atom stereocenters. The molecule has 0 aliphatic carbocycles. The zero-order valence-electron chi connectivity index (χ0n) is 31.4. The molecule has 2 aliphatic rings. The van der Waals surface area contributed by atoms with Crippen LogP contribution in [0.3, 0.4) is 0 Å². The van der Waals surface area contributed by atoms with Crippen molar-refractivity contribution >= 4 is 51.8 Å². The third kappa shape index (κ3) is 5.61. The molecular formula is C48H46N3OSi+. The molecule has 5 heteroatoms. The Kier molecular flexibility index (Phi) is 7.97. The number of allylic oxidation sites excluding steroid dienone is 2. The lowest BCUT2D eigenvalue weighted by molar-refractivity contribution is -0.708. The molecule has 0 radical (unpaired) electrons. The maximum absolute atomic E-state index is 6.72. The Labute approximate surface area is 313 Å². The summed E-state index contributed by atoms with van der Waals surface area (Å²) in [5.74, 6) is 0.737. The van der Waals surface area contributed by atoms with Crippen molar-refractivity contribution in [1.82, 2.24) is 4.98 Å². The van der Waals surface area contributed by atoms with Crippen LogP contribution in [0.1, 0.15) is 54.5 Å². The number of nitrogens with zero attached hydrogens (tertiary/aromatic N) is 3. The number of pyridine rings is 2. The molecule has 4 nitrogen and oxygen atoms in total. The molecule has 4 aromatic carbocycles. The first-order valence-corrected chi connectivity index (χ1v) is 22.5. The summed E-state index contributed by atoms with van der Waals surface area (Å²) in [4.78, 5) is 10.4. The average molecular weight is 709 g/mol. The molecule has 0 fully saturated rings. The first-order valence-electron chi connectivity index (χ1n) is 19.0. The lowest BCUT2D eigenvalue weighted by Gasteiger charge is -2.33. The molecule has 3 aromatic heterocycles. The number of aliphatic imine (C=N–C) groups is 1. The summed E-state index contributed by atoms with van der Waals surface area (Å²) in [6.07, 6.45) is 7.25. The van der Waals surface area contributed by atoms with Crippen molar-refractivity contribution < 1.29 is 8.98 Å². The maximum Gasteiger partial charge on any atom is 0.227 e. The maximum atomic E-state index is 6.72. The Morgan fingerprint density at radius 2 is 1.64 bits per heavy atom. The number of hydrogen-bond acceptors (Lipinski definition) is 3. The van der Waals surface area contributed by atoms with Crippen LogP contribution in [0.2, 0.25) is 19.6 Å². The molecule has 262 valence electrons. The van der Waals surface area contributed by atoms with Crippen LogP contribution in [0, 0.1) is 5.92 Å². The third-order valence-corrected chi connectivity index (χ3v) is 13.4. The van der Waals surface area contributed by atoms with Gasteiger partial charge in [-0.05, 0) is 83.0 Å². The Morgan fingerprint density at radius 3 is 2.38 bits per heavy atom. The van der Waals surface area contributed by atoms with Crippen LogP contribution < -0.4 is 9.75 Å². The molecule has 5 heterocycles. The Hall–Kier alpha value is -5.39. The second-order valence-corrected chi connectivity index (χ2v) is 21.5. The minimum atomic E-state index is -1.72. The smallest absolute Gasteiger partial charge is 0.227 e. The fraction of sp³-hybridized carbons (Fsp3) is 0.229. The highest BCUT2D eigenvalue weighted by atomic mass is 28.3. The molecule has 0 spiro atoms. The van der Waals surface area contributed by atoms with Crippen LogP contribution in [0.5, 0.6) is 0 Å². The van der Waals surface area contributed by atoms with Gasteiger partial charge in [0.1, 0.15) is 11.3 Å². The second-order valence-electron chi connectivity index (χ2n) is 16.4. The Bertz CT molecular complexity index is 2660. The Balaban J connectivity index is 1.27. The van der Waals surface area contributed by atoms with Crippen molar-refractivity contribution in [3.63, 3.8) is 0 Å². The van der Waals surface area contributed by atoms with E-state index in [0.717, 1.165) is 63.8 Å². The van der Waals surface area contributed by atoms with E-state index < -0.39 is 8.07 Å². The van der Waals surface area contributed by atoms with Crippen molar-refractivity contribution in [3.05, 3.63) is 150 Å². The van der Waals surface area contributed by atoms with Crippen molar-refractivity contribution in [1.29, 1.82) is 0 Å². The van der Waals surface area contributed by atoms with E-state index in [4.69, 9.17) is 21.0 Å². The van der Waals surface area contributed by atoms with Gasteiger partial charge in [0, 0.05) is 33.2 Å². The quantitative estimate of drug-likeness (QED) is 0.132. The van der Waals surface area contributed by atoms with Crippen molar-refractivity contribution in [2.45, 2.75) is 64.7 Å². The Morgan fingerprint density at radius 1 is 0.906 bits per heavy atom. The van der Waals surface area contributed by atoms with Gasteiger partial charge in [0.2, 0.25) is 17.4 Å². The number of aromatic nitrogens is 2. The highest BCUT2D eigenvalue weighted by Gasteiger charge is 2.44. The van der Waals surface area contributed by atoms with E-state index >= 15 is 0 Å². The van der Waals surface area contributed by atoms with Crippen molar-refractivity contribution in [3.8, 4) is 22.5 Å². The molecule has 0 saturated carbocycles. The van der Waals surface area contributed by atoms with Crippen LogP contribution in [-0.4, -0.2) is 18.8 Å². The van der Waals surface area contributed by atoms with Gasteiger partial charge in [-0.25, -0.2) is 9.98 Å². The molecule has 9 rings (SSSR count). The minimum absolute atomic E-state index is 0.0487. The molecule has 0 saturated heterocycles. The molecule has 2 aliphatic heterocycles. The first-order chi connectivity index (χ1) is 25.6. The van der Waals surface area contributed by atoms with Gasteiger partial charge < -0.3 is 4.42 Å². The van der Waals surface area contributed by atoms with Gasteiger partial charge in [-0.1, -0.05) is 113 Å². The van der Waals surface area contributed by atoms with Gasteiger partial charge >= 0.3 is 0 Å². The zero-order valence-corrected chi connectivity index (χ0v) is 32.4. The van der Waals surface area contributed by atoms with Crippen LogP contribution in [0.15, 0.2) is 138 Å². The van der Waals surface area contributed by atoms with E-state index in [1.807, 2.05) is 24.3 Å². The molecule has 2 unspecified atom stereocenters. The lowest BCUT2D eigenvalue weighted by atomic mass is 9.77.